The predicted octanol–water partition coefficient (Wildman–Crippen LogP) is 4.58. The molecule has 2 amide bonds. The van der Waals surface area contributed by atoms with Crippen molar-refractivity contribution in [1.82, 2.24) is 0 Å². The van der Waals surface area contributed by atoms with Crippen LogP contribution in [-0.2, 0) is 24.5 Å². The van der Waals surface area contributed by atoms with Gasteiger partial charge in [-0.3, -0.25) is 4.79 Å². The second-order valence-corrected chi connectivity index (χ2v) is 13.0. The van der Waals surface area contributed by atoms with E-state index in [2.05, 4.69) is 17.1 Å². The highest BCUT2D eigenvalue weighted by molar-refractivity contribution is 7.91. The summed E-state index contributed by atoms with van der Waals surface area (Å²) in [5, 5.41) is 8.65. The van der Waals surface area contributed by atoms with E-state index in [4.69, 9.17) is 14.6 Å². The van der Waals surface area contributed by atoms with Crippen molar-refractivity contribution in [2.75, 3.05) is 41.3 Å². The molecule has 1 heterocycles. The molecule has 1 unspecified atom stereocenters. The van der Waals surface area contributed by atoms with E-state index in [1.54, 1.807) is 62.5 Å². The maximum atomic E-state index is 13.3. The van der Waals surface area contributed by atoms with Gasteiger partial charge in [-0.2, -0.15) is 12.7 Å². The molecular formula is C26H44N4O6S. The normalized spacial score (nSPS) is 16.0. The van der Waals surface area contributed by atoms with Crippen molar-refractivity contribution in [3.05, 3.63) is 16.7 Å². The van der Waals surface area contributed by atoms with Crippen LogP contribution in [0, 0.1) is 19.3 Å². The Balaban J connectivity index is 2.96. The molecule has 1 aliphatic heterocycles. The summed E-state index contributed by atoms with van der Waals surface area (Å²) in [5.74, 6) is -0.240. The van der Waals surface area contributed by atoms with Gasteiger partial charge in [-0.15, -0.1) is 0 Å². The van der Waals surface area contributed by atoms with Crippen molar-refractivity contribution in [2.24, 2.45) is 10.6 Å². The van der Waals surface area contributed by atoms with Crippen LogP contribution < -0.4 is 19.7 Å². The number of carbonyl (C=O) groups excluding carboxylic acids is 2. The first-order chi connectivity index (χ1) is 16.8. The Morgan fingerprint density at radius 2 is 1.73 bits per heavy atom. The molecule has 0 fully saturated rings. The van der Waals surface area contributed by atoms with Crippen molar-refractivity contribution in [2.45, 2.75) is 86.7 Å². The lowest BCUT2D eigenvalue weighted by atomic mass is 9.89. The zero-order valence-electron chi connectivity index (χ0n) is 23.9. The third-order valence-electron chi connectivity index (χ3n) is 6.25. The molecule has 0 spiro atoms. The average Bonchev–Trinajstić information content (AvgIpc) is 3.07. The highest BCUT2D eigenvalue weighted by Gasteiger charge is 2.41. The largest absolute Gasteiger partial charge is 0.443 e. The second-order valence-electron chi connectivity index (χ2n) is 11.7. The fourth-order valence-electron chi connectivity index (χ4n) is 4.65. The van der Waals surface area contributed by atoms with E-state index in [-0.39, 0.29) is 17.5 Å². The molecule has 2 rings (SSSR count). The SMILES string of the molecule is CCCN1CC(CCOC)c2c(C)c(N(C(=O)OC(C)(C)C)S(N)(=O)=O)c(C)c(NC(=O)C(C)(C)C)c21. The maximum absolute atomic E-state index is 13.3. The number of fused-ring (bicyclic) bond motifs is 1. The molecule has 0 aliphatic carbocycles. The first-order valence-corrected chi connectivity index (χ1v) is 14.1. The first kappa shape index (κ1) is 30.9. The Kier molecular flexibility index (Phi) is 9.31. The lowest BCUT2D eigenvalue weighted by molar-refractivity contribution is -0.123. The topological polar surface area (TPSA) is 131 Å². The summed E-state index contributed by atoms with van der Waals surface area (Å²) < 4.78 is 37.0. The van der Waals surface area contributed by atoms with Crippen LogP contribution in [-0.4, -0.2) is 52.8 Å². The molecule has 1 aromatic carbocycles. The van der Waals surface area contributed by atoms with Crippen molar-refractivity contribution in [1.29, 1.82) is 0 Å². The van der Waals surface area contributed by atoms with Gasteiger partial charge in [0.15, 0.2) is 0 Å². The number of hydrogen-bond acceptors (Lipinski definition) is 7. The number of rotatable bonds is 8. The number of nitrogens with one attached hydrogen (secondary N) is 1. The summed E-state index contributed by atoms with van der Waals surface area (Å²) in [4.78, 5) is 28.7. The highest BCUT2D eigenvalue weighted by Crippen LogP contribution is 2.51. The molecule has 0 saturated heterocycles. The summed E-state index contributed by atoms with van der Waals surface area (Å²) in [6, 6.07) is 0. The lowest BCUT2D eigenvalue weighted by Crippen LogP contribution is -2.45. The summed E-state index contributed by atoms with van der Waals surface area (Å²) in [6.07, 6.45) is 0.456. The summed E-state index contributed by atoms with van der Waals surface area (Å²) in [6.45, 7) is 17.8. The molecule has 0 bridgehead atoms. The summed E-state index contributed by atoms with van der Waals surface area (Å²) in [5.41, 5.74) is 1.63. The monoisotopic (exact) mass is 540 g/mol. The van der Waals surface area contributed by atoms with Gasteiger partial charge < -0.3 is 19.7 Å². The van der Waals surface area contributed by atoms with Crippen LogP contribution in [0.4, 0.5) is 21.9 Å². The molecular weight excluding hydrogens is 496 g/mol. The molecule has 37 heavy (non-hydrogen) atoms. The minimum absolute atomic E-state index is 0.00731. The van der Waals surface area contributed by atoms with Crippen LogP contribution in [0.5, 0.6) is 0 Å². The minimum Gasteiger partial charge on any atom is -0.443 e. The molecule has 210 valence electrons. The van der Waals surface area contributed by atoms with Gasteiger partial charge in [-0.05, 0) is 58.6 Å². The van der Waals surface area contributed by atoms with E-state index < -0.39 is 27.3 Å². The van der Waals surface area contributed by atoms with E-state index >= 15 is 0 Å². The third-order valence-corrected chi connectivity index (χ3v) is 7.09. The molecule has 0 radical (unpaired) electrons. The smallest absolute Gasteiger partial charge is 0.429 e. The van der Waals surface area contributed by atoms with E-state index in [9.17, 15) is 18.0 Å². The molecule has 3 N–H and O–H groups in total. The van der Waals surface area contributed by atoms with Crippen LogP contribution in [0.2, 0.25) is 0 Å². The Morgan fingerprint density at radius 3 is 2.19 bits per heavy atom. The number of nitrogens with two attached hydrogens (primary N) is 1. The number of hydrogen-bond donors (Lipinski definition) is 2. The van der Waals surface area contributed by atoms with Crippen LogP contribution in [0.15, 0.2) is 0 Å². The number of anilines is 3. The maximum Gasteiger partial charge on any atom is 0.429 e. The Bertz CT molecular complexity index is 1140. The first-order valence-electron chi connectivity index (χ1n) is 12.6. The van der Waals surface area contributed by atoms with Crippen molar-refractivity contribution < 1.29 is 27.5 Å². The van der Waals surface area contributed by atoms with Crippen LogP contribution in [0.3, 0.4) is 0 Å². The van der Waals surface area contributed by atoms with Crippen LogP contribution in [0.1, 0.15) is 83.9 Å². The quantitative estimate of drug-likeness (QED) is 0.493. The fourth-order valence-corrected chi connectivity index (χ4v) is 5.42. The van der Waals surface area contributed by atoms with Gasteiger partial charge in [-0.1, -0.05) is 27.7 Å². The number of benzene rings is 1. The van der Waals surface area contributed by atoms with E-state index in [1.807, 2.05) is 0 Å². The summed E-state index contributed by atoms with van der Waals surface area (Å²) >= 11 is 0. The number of nitrogens with zero attached hydrogens (tertiary/aromatic N) is 2. The predicted molar refractivity (Wildman–Crippen MR) is 148 cm³/mol. The van der Waals surface area contributed by atoms with Gasteiger partial charge >= 0.3 is 16.3 Å². The lowest BCUT2D eigenvalue weighted by Gasteiger charge is -2.31. The molecule has 1 aliphatic rings. The van der Waals surface area contributed by atoms with Crippen molar-refractivity contribution in [3.8, 4) is 0 Å². The zero-order valence-corrected chi connectivity index (χ0v) is 24.8. The fraction of sp³-hybridized carbons (Fsp3) is 0.692. The molecule has 1 atom stereocenters. The van der Waals surface area contributed by atoms with Crippen LogP contribution in [0.25, 0.3) is 0 Å². The molecule has 10 nitrogen and oxygen atoms in total. The van der Waals surface area contributed by atoms with Crippen LogP contribution >= 0.6 is 0 Å². The van der Waals surface area contributed by atoms with Gasteiger partial charge in [0.1, 0.15) is 5.60 Å². The van der Waals surface area contributed by atoms with Gasteiger partial charge in [0.2, 0.25) is 5.91 Å². The molecule has 11 heteroatoms. The number of methoxy groups -OCH3 is 1. The van der Waals surface area contributed by atoms with Crippen molar-refractivity contribution >= 4 is 39.3 Å². The molecule has 0 saturated carbocycles. The van der Waals surface area contributed by atoms with E-state index in [0.29, 0.717) is 40.7 Å². The number of amides is 2. The second kappa shape index (κ2) is 11.2. The Labute approximate surface area is 222 Å². The van der Waals surface area contributed by atoms with Gasteiger partial charge in [-0.25, -0.2) is 9.93 Å². The van der Waals surface area contributed by atoms with E-state index in [1.165, 1.54) is 0 Å². The summed E-state index contributed by atoms with van der Waals surface area (Å²) in [7, 11) is -2.94. The van der Waals surface area contributed by atoms with Gasteiger partial charge in [0.25, 0.3) is 0 Å². The van der Waals surface area contributed by atoms with Gasteiger partial charge in [0, 0.05) is 43.7 Å². The average molecular weight is 541 g/mol. The number of ether oxygens (including phenoxy) is 2. The highest BCUT2D eigenvalue weighted by atomic mass is 32.2. The third kappa shape index (κ3) is 6.94. The van der Waals surface area contributed by atoms with Gasteiger partial charge in [0.05, 0.1) is 17.1 Å². The molecule has 0 aromatic heterocycles. The van der Waals surface area contributed by atoms with Crippen molar-refractivity contribution in [3.63, 3.8) is 0 Å². The minimum atomic E-state index is -4.58. The standard InChI is InChI=1S/C26H44N4O6S/c1-11-13-29-15-18(12-14-35-10)19-16(2)21(30(37(27,33)34)24(32)36-26(7,8)9)17(3)20(22(19)29)28-23(31)25(4,5)6/h18H,11-15H2,1-10H3,(H,28,31)(H2,27,33,34). The zero-order chi connectivity index (χ0) is 28.5. The van der Waals surface area contributed by atoms with E-state index in [0.717, 1.165) is 24.2 Å². The molecule has 1 aromatic rings. The Morgan fingerprint density at radius 1 is 1.14 bits per heavy atom. The Hall–Kier alpha value is -2.37. The number of carbonyl (C=O) groups is 2.